The molecule has 3 aromatic rings. The molecule has 6 N–H and O–H groups in total. The number of hydrogen-bond donors (Lipinski definition) is 5. The van der Waals surface area contributed by atoms with Crippen LogP contribution in [0.2, 0.25) is 0 Å². The summed E-state index contributed by atoms with van der Waals surface area (Å²) in [5.41, 5.74) is 7.13. The van der Waals surface area contributed by atoms with Gasteiger partial charge in [0.2, 0.25) is 12.0 Å². The summed E-state index contributed by atoms with van der Waals surface area (Å²) in [7, 11) is 1.28. The Hall–Kier alpha value is -4.02. The van der Waals surface area contributed by atoms with Crippen LogP contribution in [0.25, 0.3) is 11.2 Å². The van der Waals surface area contributed by atoms with Gasteiger partial charge in [0, 0.05) is 12.6 Å². The quantitative estimate of drug-likeness (QED) is 0.195. The van der Waals surface area contributed by atoms with Gasteiger partial charge in [-0.2, -0.15) is 9.98 Å². The lowest BCUT2D eigenvalue weighted by Crippen LogP contribution is -2.81. The normalized spacial score (nSPS) is 12.6. The van der Waals surface area contributed by atoms with Gasteiger partial charge in [-0.3, -0.25) is 9.78 Å². The Bertz CT molecular complexity index is 1130. The largest absolute Gasteiger partial charge is 0.464 e. The number of benzene rings is 1. The number of rotatable bonds is 6. The van der Waals surface area contributed by atoms with Crippen molar-refractivity contribution >= 4 is 34.7 Å². The van der Waals surface area contributed by atoms with E-state index in [1.165, 1.54) is 13.3 Å². The van der Waals surface area contributed by atoms with E-state index in [2.05, 4.69) is 35.0 Å². The standard InChI is InChI=1S/C18H19N7O4/c1-9(17(28)29-2)22-15(26)10-3-5-11(6-4-10)20-7-12-8-21-14-13(23-12)16(27)25-18(19)24-14/h3-6,8-9,20H,7H2,1-2H3,(H,22,26)(H3,19,21,24,25,27)/p+1. The van der Waals surface area contributed by atoms with Gasteiger partial charge in [-0.1, -0.05) is 0 Å². The Morgan fingerprint density at radius 1 is 1.34 bits per heavy atom. The van der Waals surface area contributed by atoms with Crippen molar-refractivity contribution < 1.29 is 19.6 Å². The number of anilines is 2. The second-order valence-corrected chi connectivity index (χ2v) is 6.15. The van der Waals surface area contributed by atoms with Crippen LogP contribution >= 0.6 is 0 Å². The molecule has 0 aliphatic heterocycles. The number of aliphatic hydroxyl groups is 1. The number of nitrogens with two attached hydrogens (primary N) is 1. The summed E-state index contributed by atoms with van der Waals surface area (Å²) in [5, 5.41) is 13.2. The van der Waals surface area contributed by atoms with Crippen LogP contribution in [0.5, 0.6) is 0 Å². The molecular weight excluding hydrogens is 378 g/mol. The van der Waals surface area contributed by atoms with E-state index in [0.717, 1.165) is 5.69 Å². The number of aromatic nitrogens is 4. The zero-order valence-corrected chi connectivity index (χ0v) is 15.8. The Kier molecular flexibility index (Phi) is 5.67. The summed E-state index contributed by atoms with van der Waals surface area (Å²) >= 11 is 0. The molecule has 29 heavy (non-hydrogen) atoms. The van der Waals surface area contributed by atoms with Crippen LogP contribution < -0.4 is 21.6 Å². The lowest BCUT2D eigenvalue weighted by molar-refractivity contribution is -0.493. The number of esters is 1. The highest BCUT2D eigenvalue weighted by Gasteiger charge is 2.19. The topological polar surface area (TPSA) is 170 Å². The number of ether oxygens (including phenoxy) is 1. The number of nitrogens with one attached hydrogen (secondary N) is 3. The fourth-order valence-electron chi connectivity index (χ4n) is 2.52. The Morgan fingerprint density at radius 3 is 2.76 bits per heavy atom. The van der Waals surface area contributed by atoms with Gasteiger partial charge in [0.15, 0.2) is 11.2 Å². The first-order chi connectivity index (χ1) is 13.9. The van der Waals surface area contributed by atoms with Crippen LogP contribution in [-0.2, 0) is 16.1 Å². The van der Waals surface area contributed by atoms with E-state index < -0.39 is 17.6 Å². The molecule has 0 bridgehead atoms. The van der Waals surface area contributed by atoms with Crippen LogP contribution in [0.15, 0.2) is 35.3 Å². The van der Waals surface area contributed by atoms with Gasteiger partial charge < -0.3 is 20.9 Å². The second-order valence-electron chi connectivity index (χ2n) is 6.15. The average molecular weight is 398 g/mol. The van der Waals surface area contributed by atoms with Crippen molar-refractivity contribution in [1.29, 1.82) is 0 Å². The number of carbonyl (C=O) groups is 1. The summed E-state index contributed by atoms with van der Waals surface area (Å²) in [6, 6.07) is 6.17. The smallest absolute Gasteiger partial charge is 0.374 e. The lowest BCUT2D eigenvalue weighted by Gasteiger charge is -2.07. The molecule has 1 atom stereocenters. The summed E-state index contributed by atoms with van der Waals surface area (Å²) in [6.45, 7) is 1.90. The highest BCUT2D eigenvalue weighted by molar-refractivity contribution is 5.89. The average Bonchev–Trinajstić information content (AvgIpc) is 2.72. The Morgan fingerprint density at radius 2 is 2.07 bits per heavy atom. The summed E-state index contributed by atoms with van der Waals surface area (Å²) in [4.78, 5) is 40.6. The summed E-state index contributed by atoms with van der Waals surface area (Å²) in [5.74, 6) is -0.637. The van der Waals surface area contributed by atoms with Crippen molar-refractivity contribution in [3.63, 3.8) is 0 Å². The number of aliphatic hydroxyl groups excluding tert-OH is 1. The van der Waals surface area contributed by atoms with E-state index in [0.29, 0.717) is 17.8 Å². The Balaban J connectivity index is 1.69. The maximum Gasteiger partial charge on any atom is 0.374 e. The van der Waals surface area contributed by atoms with Crippen LogP contribution in [0, 0.1) is 0 Å². The number of carbonyl (C=O) groups excluding carboxylic acids is 1. The van der Waals surface area contributed by atoms with Crippen LogP contribution in [0.3, 0.4) is 0 Å². The van der Waals surface area contributed by atoms with Crippen LogP contribution in [0.4, 0.5) is 11.6 Å². The molecule has 0 fully saturated rings. The highest BCUT2D eigenvalue weighted by atomic mass is 16.5. The van der Waals surface area contributed by atoms with Gasteiger partial charge in [0.05, 0.1) is 31.1 Å². The summed E-state index contributed by atoms with van der Waals surface area (Å²) in [6.07, 6.45) is 1.51. The maximum atomic E-state index is 11.9. The number of nitrogen functional groups attached to an aromatic ring is 1. The predicted molar refractivity (Wildman–Crippen MR) is 105 cm³/mol. The van der Waals surface area contributed by atoms with Gasteiger partial charge in [-0.25, -0.2) is 14.8 Å². The fourth-order valence-corrected chi connectivity index (χ4v) is 2.52. The first-order valence-electron chi connectivity index (χ1n) is 8.63. The third-order valence-electron chi connectivity index (χ3n) is 4.03. The number of H-pyrrole nitrogens is 1. The molecular formula is C18H20N7O4+. The van der Waals surface area contributed by atoms with Gasteiger partial charge in [0.25, 0.3) is 5.56 Å². The molecule has 0 saturated carbocycles. The SMILES string of the molecule is COC(=O)C(C)[NH+]=C(O)c1ccc(NCc2cnc3nc(N)[nH]c(=O)c3n2)cc1. The van der Waals surface area contributed by atoms with E-state index in [1.807, 2.05) is 0 Å². The van der Waals surface area contributed by atoms with E-state index in [9.17, 15) is 14.7 Å². The van der Waals surface area contributed by atoms with Gasteiger partial charge in [-0.15, -0.1) is 0 Å². The molecule has 2 heterocycles. The zero-order valence-electron chi connectivity index (χ0n) is 15.8. The summed E-state index contributed by atoms with van der Waals surface area (Å²) < 4.78 is 4.60. The minimum atomic E-state index is -0.683. The number of aromatic amines is 1. The molecule has 0 spiro atoms. The molecule has 150 valence electrons. The van der Waals surface area contributed by atoms with E-state index in [1.54, 1.807) is 31.2 Å². The van der Waals surface area contributed by atoms with Crippen molar-refractivity contribution in [3.8, 4) is 0 Å². The van der Waals surface area contributed by atoms with Crippen LogP contribution in [0.1, 0.15) is 18.2 Å². The van der Waals surface area contributed by atoms with Crippen molar-refractivity contribution in [1.82, 2.24) is 19.9 Å². The highest BCUT2D eigenvalue weighted by Crippen LogP contribution is 2.11. The first kappa shape index (κ1) is 19.7. The van der Waals surface area contributed by atoms with Crippen LogP contribution in [-0.4, -0.2) is 50.1 Å². The number of fused-ring (bicyclic) bond motifs is 1. The third kappa shape index (κ3) is 4.64. The monoisotopic (exact) mass is 398 g/mol. The minimum Gasteiger partial charge on any atom is -0.464 e. The molecule has 1 unspecified atom stereocenters. The Labute approximate surface area is 164 Å². The van der Waals surface area contributed by atoms with Crippen molar-refractivity contribution in [3.05, 3.63) is 52.1 Å². The molecule has 2 aromatic heterocycles. The molecule has 1 aromatic carbocycles. The number of nitrogens with zero attached hydrogens (tertiary/aromatic N) is 3. The molecule has 0 aliphatic carbocycles. The minimum absolute atomic E-state index is 0.0155. The molecule has 0 aliphatic rings. The van der Waals surface area contributed by atoms with E-state index >= 15 is 0 Å². The molecule has 0 saturated heterocycles. The van der Waals surface area contributed by atoms with Crippen molar-refractivity contribution in [2.24, 2.45) is 0 Å². The first-order valence-corrected chi connectivity index (χ1v) is 8.63. The lowest BCUT2D eigenvalue weighted by atomic mass is 10.2. The molecule has 0 amide bonds. The molecule has 11 nitrogen and oxygen atoms in total. The predicted octanol–water partition coefficient (Wildman–Crippen LogP) is -1.15. The van der Waals surface area contributed by atoms with Crippen molar-refractivity contribution in [2.45, 2.75) is 19.5 Å². The van der Waals surface area contributed by atoms with Crippen molar-refractivity contribution in [2.75, 3.05) is 18.2 Å². The third-order valence-corrected chi connectivity index (χ3v) is 4.03. The molecule has 3 rings (SSSR count). The fraction of sp³-hybridized carbons (Fsp3) is 0.222. The van der Waals surface area contributed by atoms with Gasteiger partial charge in [-0.05, 0) is 24.3 Å². The maximum absolute atomic E-state index is 11.9. The van der Waals surface area contributed by atoms with Gasteiger partial charge in [0.1, 0.15) is 0 Å². The van der Waals surface area contributed by atoms with E-state index in [4.69, 9.17) is 5.73 Å². The number of methoxy groups -OCH3 is 1. The molecule has 0 radical (unpaired) electrons. The molecule has 11 heteroatoms. The second kappa shape index (κ2) is 8.33. The zero-order chi connectivity index (χ0) is 21.0. The number of hydrogen-bond acceptors (Lipinski definition) is 8. The van der Waals surface area contributed by atoms with Gasteiger partial charge >= 0.3 is 11.9 Å². The van der Waals surface area contributed by atoms with E-state index in [-0.39, 0.29) is 23.0 Å².